The summed E-state index contributed by atoms with van der Waals surface area (Å²) < 4.78 is 38.0. The number of hydrogen-bond acceptors (Lipinski definition) is 5. The number of nitrogens with one attached hydrogen (secondary N) is 4. The first-order chi connectivity index (χ1) is 15.7. The largest absolute Gasteiger partial charge is 0.471 e. The summed E-state index contributed by atoms with van der Waals surface area (Å²) in [5.74, 6) is -4.52. The van der Waals surface area contributed by atoms with Crippen molar-refractivity contribution in [2.45, 2.75) is 58.3 Å². The zero-order valence-corrected chi connectivity index (χ0v) is 18.6. The van der Waals surface area contributed by atoms with Crippen LogP contribution in [-0.2, 0) is 20.8 Å². The number of halogens is 3. The summed E-state index contributed by atoms with van der Waals surface area (Å²) in [6, 6.07) is 0.146. The third-order valence-electron chi connectivity index (χ3n) is 5.17. The van der Waals surface area contributed by atoms with Crippen molar-refractivity contribution >= 4 is 41.0 Å². The fraction of sp³-hybridized carbons (Fsp3) is 0.476. The summed E-state index contributed by atoms with van der Waals surface area (Å²) >= 11 is 0. The summed E-state index contributed by atoms with van der Waals surface area (Å²) in [7, 11) is 0. The highest BCUT2D eigenvalue weighted by atomic mass is 19.4. The first kappa shape index (κ1) is 26.6. The van der Waals surface area contributed by atoms with Crippen molar-refractivity contribution in [1.82, 2.24) is 10.6 Å². The van der Waals surface area contributed by atoms with E-state index in [1.807, 2.05) is 0 Å². The number of hydrogen-bond donors (Lipinski definition) is 5. The van der Waals surface area contributed by atoms with E-state index in [2.05, 4.69) is 16.0 Å². The minimum absolute atomic E-state index is 0.0684. The smallest absolute Gasteiger partial charge is 0.465 e. The van der Waals surface area contributed by atoms with Gasteiger partial charge >= 0.3 is 18.2 Å². The van der Waals surface area contributed by atoms with Gasteiger partial charge in [0, 0.05) is 17.7 Å². The normalized spacial score (nSPS) is 15.1. The van der Waals surface area contributed by atoms with Crippen molar-refractivity contribution in [2.24, 2.45) is 5.92 Å². The maximum absolute atomic E-state index is 12.7. The Morgan fingerprint density at radius 1 is 0.941 bits per heavy atom. The average Bonchev–Trinajstić information content (AvgIpc) is 2.72. The molecule has 10 nitrogen and oxygen atoms in total. The molecule has 2 atom stereocenters. The first-order valence-corrected chi connectivity index (χ1v) is 10.4. The van der Waals surface area contributed by atoms with E-state index in [1.54, 1.807) is 19.2 Å². The van der Waals surface area contributed by atoms with Crippen molar-refractivity contribution < 1.29 is 42.3 Å². The lowest BCUT2D eigenvalue weighted by Gasteiger charge is -2.24. The molecule has 0 aliphatic heterocycles. The number of amides is 4. The fourth-order valence-corrected chi connectivity index (χ4v) is 3.47. The molecule has 13 heteroatoms. The lowest BCUT2D eigenvalue weighted by atomic mass is 9.88. The molecule has 0 heterocycles. The van der Waals surface area contributed by atoms with Crippen molar-refractivity contribution in [2.75, 3.05) is 10.6 Å². The predicted molar refractivity (Wildman–Crippen MR) is 114 cm³/mol. The maximum Gasteiger partial charge on any atom is 0.471 e. The quantitative estimate of drug-likeness (QED) is 0.399. The van der Waals surface area contributed by atoms with Crippen LogP contribution in [0.3, 0.4) is 0 Å². The molecule has 0 fully saturated rings. The second-order valence-electron chi connectivity index (χ2n) is 8.13. The Morgan fingerprint density at radius 2 is 1.56 bits per heavy atom. The third kappa shape index (κ3) is 6.45. The molecule has 4 amide bonds. The topological polar surface area (TPSA) is 154 Å². The second-order valence-corrected chi connectivity index (χ2v) is 8.13. The van der Waals surface area contributed by atoms with Crippen LogP contribution >= 0.6 is 0 Å². The van der Waals surface area contributed by atoms with E-state index in [1.165, 1.54) is 13.0 Å². The number of carbonyl (C=O) groups is 5. The van der Waals surface area contributed by atoms with Crippen LogP contribution in [-0.4, -0.2) is 53.0 Å². The number of fused-ring (bicyclic) bond motifs is 1. The van der Waals surface area contributed by atoms with Gasteiger partial charge in [-0.1, -0.05) is 13.8 Å². The number of carboxylic acid groups (broad SMARTS) is 1. The van der Waals surface area contributed by atoms with E-state index in [0.717, 1.165) is 6.07 Å². The van der Waals surface area contributed by atoms with E-state index in [-0.39, 0.29) is 35.3 Å². The Bertz CT molecular complexity index is 1010. The standard InChI is InChI=1S/C21H25F3N4O6/c1-9(2)16(28-20(33)34)18(31)25-10(3)17(30)26-12-7-8-13(27-19(32)21(22,23)24)15-11(12)5-4-6-14(15)29/h7-10,16,28H,4-6H2,1-3H3,(H,25,31)(H,26,30)(H,27,32)(H,33,34)/t10-,16-/m0/s1. The molecule has 1 aromatic carbocycles. The Hall–Kier alpha value is -3.64. The Morgan fingerprint density at radius 3 is 2.12 bits per heavy atom. The van der Waals surface area contributed by atoms with Crippen molar-refractivity contribution in [3.05, 3.63) is 23.3 Å². The van der Waals surface area contributed by atoms with Crippen LogP contribution in [0.5, 0.6) is 0 Å². The zero-order valence-electron chi connectivity index (χ0n) is 18.6. The summed E-state index contributed by atoms with van der Waals surface area (Å²) in [4.78, 5) is 59.7. The van der Waals surface area contributed by atoms with Gasteiger partial charge in [-0.25, -0.2) is 4.79 Å². The zero-order chi connectivity index (χ0) is 25.8. The van der Waals surface area contributed by atoms with Crippen LogP contribution in [0.15, 0.2) is 12.1 Å². The summed E-state index contributed by atoms with van der Waals surface area (Å²) in [5.41, 5.74) is 0.0173. The minimum Gasteiger partial charge on any atom is -0.465 e. The van der Waals surface area contributed by atoms with E-state index in [9.17, 15) is 37.1 Å². The number of anilines is 2. The van der Waals surface area contributed by atoms with E-state index in [0.29, 0.717) is 6.42 Å². The molecular weight excluding hydrogens is 461 g/mol. The summed E-state index contributed by atoms with van der Waals surface area (Å²) in [5, 5.41) is 17.6. The highest BCUT2D eigenvalue weighted by Gasteiger charge is 2.39. The monoisotopic (exact) mass is 486 g/mol. The van der Waals surface area contributed by atoms with Gasteiger partial charge in [0.25, 0.3) is 0 Å². The molecule has 0 unspecified atom stereocenters. The predicted octanol–water partition coefficient (Wildman–Crippen LogP) is 2.44. The van der Waals surface area contributed by atoms with Crippen LogP contribution < -0.4 is 21.3 Å². The number of ketones is 1. The minimum atomic E-state index is -5.14. The third-order valence-corrected chi connectivity index (χ3v) is 5.17. The highest BCUT2D eigenvalue weighted by Crippen LogP contribution is 2.34. The number of rotatable bonds is 7. The maximum atomic E-state index is 12.7. The summed E-state index contributed by atoms with van der Waals surface area (Å²) in [6.45, 7) is 4.60. The molecular formula is C21H25F3N4O6. The molecule has 0 spiro atoms. The second kappa shape index (κ2) is 10.5. The van der Waals surface area contributed by atoms with Crippen molar-refractivity contribution in [1.29, 1.82) is 0 Å². The molecule has 1 aliphatic rings. The van der Waals surface area contributed by atoms with Crippen molar-refractivity contribution in [3.8, 4) is 0 Å². The van der Waals surface area contributed by atoms with Crippen LogP contribution in [0.4, 0.5) is 29.3 Å². The van der Waals surface area contributed by atoms with Gasteiger partial charge in [-0.2, -0.15) is 13.2 Å². The van der Waals surface area contributed by atoms with E-state index < -0.39 is 53.8 Å². The van der Waals surface area contributed by atoms with Crippen molar-refractivity contribution in [3.63, 3.8) is 0 Å². The number of Topliss-reactive ketones (excluding diaryl/α,β-unsaturated/α-hetero) is 1. The SMILES string of the molecule is CC(C)[C@H](NC(=O)O)C(=O)N[C@@H](C)C(=O)Nc1ccc(NC(=O)C(F)(F)F)c2c1CCCC2=O. The molecule has 0 radical (unpaired) electrons. The lowest BCUT2D eigenvalue weighted by Crippen LogP contribution is -2.53. The Balaban J connectivity index is 2.23. The molecule has 186 valence electrons. The average molecular weight is 486 g/mol. The highest BCUT2D eigenvalue weighted by molar-refractivity contribution is 6.09. The molecule has 1 aliphatic carbocycles. The number of alkyl halides is 3. The van der Waals surface area contributed by atoms with Gasteiger partial charge in [0.1, 0.15) is 12.1 Å². The fourth-order valence-electron chi connectivity index (χ4n) is 3.47. The van der Waals surface area contributed by atoms with Gasteiger partial charge in [-0.05, 0) is 43.4 Å². The first-order valence-electron chi connectivity index (χ1n) is 10.4. The van der Waals surface area contributed by atoms with Gasteiger partial charge in [0.2, 0.25) is 11.8 Å². The molecule has 0 aromatic heterocycles. The molecule has 0 saturated heterocycles. The Kier molecular flexibility index (Phi) is 8.24. The van der Waals surface area contributed by atoms with Crippen LogP contribution in [0.25, 0.3) is 0 Å². The van der Waals surface area contributed by atoms with Gasteiger partial charge in [0.05, 0.1) is 5.69 Å². The van der Waals surface area contributed by atoms with Crippen LogP contribution in [0.2, 0.25) is 0 Å². The molecule has 0 saturated carbocycles. The van der Waals surface area contributed by atoms with Crippen LogP contribution in [0, 0.1) is 5.92 Å². The molecule has 5 N–H and O–H groups in total. The molecule has 1 aromatic rings. The van der Waals surface area contributed by atoms with E-state index in [4.69, 9.17) is 5.11 Å². The Labute approximate surface area is 192 Å². The van der Waals surface area contributed by atoms with Crippen LogP contribution in [0.1, 0.15) is 49.5 Å². The molecule has 34 heavy (non-hydrogen) atoms. The number of carbonyl (C=O) groups excluding carboxylic acids is 4. The van der Waals surface area contributed by atoms with Gasteiger partial charge in [-0.15, -0.1) is 0 Å². The van der Waals surface area contributed by atoms with Gasteiger partial charge < -0.3 is 26.4 Å². The number of benzene rings is 1. The lowest BCUT2D eigenvalue weighted by molar-refractivity contribution is -0.167. The van der Waals surface area contributed by atoms with Gasteiger partial charge in [0.15, 0.2) is 5.78 Å². The molecule has 2 rings (SSSR count). The van der Waals surface area contributed by atoms with Gasteiger partial charge in [-0.3, -0.25) is 19.2 Å². The van der Waals surface area contributed by atoms with E-state index >= 15 is 0 Å². The summed E-state index contributed by atoms with van der Waals surface area (Å²) in [6.07, 6.45) is -5.81. The molecule has 0 bridgehead atoms.